The molecular formula is C26H29N3O3. The van der Waals surface area contributed by atoms with Gasteiger partial charge in [-0.05, 0) is 48.7 Å². The Hall–Kier alpha value is -3.80. The Morgan fingerprint density at radius 1 is 0.875 bits per heavy atom. The molecular weight excluding hydrogens is 402 g/mol. The van der Waals surface area contributed by atoms with Gasteiger partial charge in [-0.1, -0.05) is 42.5 Å². The molecule has 6 heteroatoms. The lowest BCUT2D eigenvalue weighted by molar-refractivity contribution is -0.114. The standard InChI is InChI=1S/C26H29N3O3/c1-29(2)26(31)21-12-6-14-23(17-21)28-25(30)19-27-22-13-7-15-24(18-22)32-16-8-11-20-9-4-3-5-10-20/h3-7,9-10,12-15,17-18,27H,8,11,16,19H2,1-2H3,(H,28,30). The van der Waals surface area contributed by atoms with Gasteiger partial charge >= 0.3 is 0 Å². The number of ether oxygens (including phenoxy) is 1. The molecule has 3 rings (SSSR count). The summed E-state index contributed by atoms with van der Waals surface area (Å²) in [6.07, 6.45) is 1.90. The van der Waals surface area contributed by atoms with Crippen LogP contribution in [0.3, 0.4) is 0 Å². The summed E-state index contributed by atoms with van der Waals surface area (Å²) >= 11 is 0. The van der Waals surface area contributed by atoms with E-state index in [0.717, 1.165) is 24.3 Å². The number of benzene rings is 3. The highest BCUT2D eigenvalue weighted by Gasteiger charge is 2.09. The molecule has 0 radical (unpaired) electrons. The molecule has 32 heavy (non-hydrogen) atoms. The molecule has 0 fully saturated rings. The Bertz CT molecular complexity index is 1040. The van der Waals surface area contributed by atoms with Crippen LogP contribution in [0.1, 0.15) is 22.3 Å². The van der Waals surface area contributed by atoms with Crippen molar-refractivity contribution in [2.75, 3.05) is 37.9 Å². The van der Waals surface area contributed by atoms with Gasteiger partial charge < -0.3 is 20.3 Å². The molecule has 6 nitrogen and oxygen atoms in total. The molecule has 2 amide bonds. The predicted octanol–water partition coefficient (Wildman–Crippen LogP) is 4.45. The molecule has 166 valence electrons. The minimum atomic E-state index is -0.200. The Labute approximate surface area is 189 Å². The summed E-state index contributed by atoms with van der Waals surface area (Å²) in [6, 6.07) is 24.8. The van der Waals surface area contributed by atoms with Gasteiger partial charge in [0.2, 0.25) is 5.91 Å². The minimum Gasteiger partial charge on any atom is -0.494 e. The molecule has 0 saturated carbocycles. The molecule has 0 atom stereocenters. The van der Waals surface area contributed by atoms with E-state index < -0.39 is 0 Å². The van der Waals surface area contributed by atoms with Gasteiger partial charge in [-0.15, -0.1) is 0 Å². The summed E-state index contributed by atoms with van der Waals surface area (Å²) in [7, 11) is 3.39. The quantitative estimate of drug-likeness (QED) is 0.465. The molecule has 0 bridgehead atoms. The Morgan fingerprint density at radius 3 is 2.41 bits per heavy atom. The first-order valence-corrected chi connectivity index (χ1v) is 10.6. The van der Waals surface area contributed by atoms with Crippen molar-refractivity contribution in [2.45, 2.75) is 12.8 Å². The zero-order valence-electron chi connectivity index (χ0n) is 18.5. The summed E-state index contributed by atoms with van der Waals surface area (Å²) in [6.45, 7) is 0.726. The predicted molar refractivity (Wildman–Crippen MR) is 128 cm³/mol. The molecule has 0 unspecified atom stereocenters. The largest absolute Gasteiger partial charge is 0.494 e. The zero-order valence-corrected chi connectivity index (χ0v) is 18.5. The first-order chi connectivity index (χ1) is 15.5. The second-order valence-corrected chi connectivity index (χ2v) is 7.65. The van der Waals surface area contributed by atoms with Crippen LogP contribution in [0, 0.1) is 0 Å². The van der Waals surface area contributed by atoms with Crippen LogP contribution < -0.4 is 15.4 Å². The topological polar surface area (TPSA) is 70.7 Å². The van der Waals surface area contributed by atoms with Crippen molar-refractivity contribution in [3.8, 4) is 5.75 Å². The average molecular weight is 432 g/mol. The second kappa shape index (κ2) is 11.6. The first-order valence-electron chi connectivity index (χ1n) is 10.6. The molecule has 0 aliphatic heterocycles. The third-order valence-electron chi connectivity index (χ3n) is 4.81. The Kier molecular flexibility index (Phi) is 8.26. The number of nitrogens with one attached hydrogen (secondary N) is 2. The lowest BCUT2D eigenvalue weighted by atomic mass is 10.1. The van der Waals surface area contributed by atoms with Crippen LogP contribution in [-0.4, -0.2) is 44.0 Å². The molecule has 2 N–H and O–H groups in total. The van der Waals surface area contributed by atoms with E-state index in [4.69, 9.17) is 4.74 Å². The van der Waals surface area contributed by atoms with Gasteiger partial charge in [-0.25, -0.2) is 0 Å². The average Bonchev–Trinajstić information content (AvgIpc) is 2.81. The molecule has 0 aliphatic carbocycles. The third-order valence-corrected chi connectivity index (χ3v) is 4.81. The van der Waals surface area contributed by atoms with Gasteiger partial charge in [-0.2, -0.15) is 0 Å². The van der Waals surface area contributed by atoms with E-state index >= 15 is 0 Å². The van der Waals surface area contributed by atoms with E-state index in [1.165, 1.54) is 10.5 Å². The Balaban J connectivity index is 1.45. The van der Waals surface area contributed by atoms with Crippen LogP contribution in [0.4, 0.5) is 11.4 Å². The number of hydrogen-bond donors (Lipinski definition) is 2. The van der Waals surface area contributed by atoms with Crippen molar-refractivity contribution in [1.82, 2.24) is 4.90 Å². The van der Waals surface area contributed by atoms with Gasteiger partial charge in [0.05, 0.1) is 13.2 Å². The maximum Gasteiger partial charge on any atom is 0.253 e. The van der Waals surface area contributed by atoms with Crippen LogP contribution in [0.15, 0.2) is 78.9 Å². The van der Waals surface area contributed by atoms with E-state index in [1.807, 2.05) is 42.5 Å². The number of anilines is 2. The number of carbonyl (C=O) groups excluding carboxylic acids is 2. The SMILES string of the molecule is CN(C)C(=O)c1cccc(NC(=O)CNc2cccc(OCCCc3ccccc3)c2)c1. The molecule has 3 aromatic rings. The van der Waals surface area contributed by atoms with Gasteiger partial charge in [0, 0.05) is 37.1 Å². The lowest BCUT2D eigenvalue weighted by Crippen LogP contribution is -2.23. The van der Waals surface area contributed by atoms with E-state index in [1.54, 1.807) is 38.4 Å². The summed E-state index contributed by atoms with van der Waals surface area (Å²) in [5.41, 5.74) is 3.21. The number of amides is 2. The van der Waals surface area contributed by atoms with Crippen molar-refractivity contribution in [2.24, 2.45) is 0 Å². The van der Waals surface area contributed by atoms with Crippen LogP contribution in [0.2, 0.25) is 0 Å². The smallest absolute Gasteiger partial charge is 0.253 e. The number of rotatable bonds is 10. The van der Waals surface area contributed by atoms with Gasteiger partial charge in [0.15, 0.2) is 0 Å². The van der Waals surface area contributed by atoms with Crippen LogP contribution in [0.25, 0.3) is 0 Å². The summed E-state index contributed by atoms with van der Waals surface area (Å²) < 4.78 is 5.85. The fourth-order valence-corrected chi connectivity index (χ4v) is 3.18. The van der Waals surface area contributed by atoms with Gasteiger partial charge in [-0.3, -0.25) is 9.59 Å². The second-order valence-electron chi connectivity index (χ2n) is 7.65. The van der Waals surface area contributed by atoms with Crippen molar-refractivity contribution in [3.63, 3.8) is 0 Å². The van der Waals surface area contributed by atoms with Crippen LogP contribution in [-0.2, 0) is 11.2 Å². The third kappa shape index (κ3) is 7.16. The van der Waals surface area contributed by atoms with E-state index in [2.05, 4.69) is 22.8 Å². The molecule has 0 aromatic heterocycles. The molecule has 3 aromatic carbocycles. The lowest BCUT2D eigenvalue weighted by Gasteiger charge is -2.12. The molecule has 0 aliphatic rings. The number of carbonyl (C=O) groups is 2. The van der Waals surface area contributed by atoms with Crippen molar-refractivity contribution in [1.29, 1.82) is 0 Å². The summed E-state index contributed by atoms with van der Waals surface area (Å²) in [5.74, 6) is 0.451. The monoisotopic (exact) mass is 431 g/mol. The normalized spacial score (nSPS) is 10.3. The van der Waals surface area contributed by atoms with Crippen molar-refractivity contribution < 1.29 is 14.3 Å². The zero-order chi connectivity index (χ0) is 22.8. The molecule has 0 heterocycles. The van der Waals surface area contributed by atoms with Crippen molar-refractivity contribution >= 4 is 23.2 Å². The number of hydrogen-bond acceptors (Lipinski definition) is 4. The highest BCUT2D eigenvalue weighted by molar-refractivity contribution is 5.97. The fourth-order valence-electron chi connectivity index (χ4n) is 3.18. The number of aryl methyl sites for hydroxylation is 1. The van der Waals surface area contributed by atoms with E-state index in [-0.39, 0.29) is 18.4 Å². The van der Waals surface area contributed by atoms with Gasteiger partial charge in [0.1, 0.15) is 5.75 Å². The first kappa shape index (κ1) is 22.9. The van der Waals surface area contributed by atoms with Crippen molar-refractivity contribution in [3.05, 3.63) is 90.0 Å². The highest BCUT2D eigenvalue weighted by Crippen LogP contribution is 2.18. The summed E-state index contributed by atoms with van der Waals surface area (Å²) in [4.78, 5) is 25.9. The maximum atomic E-state index is 12.3. The van der Waals surface area contributed by atoms with Gasteiger partial charge in [0.25, 0.3) is 5.91 Å². The molecule has 0 spiro atoms. The highest BCUT2D eigenvalue weighted by atomic mass is 16.5. The number of nitrogens with zero attached hydrogens (tertiary/aromatic N) is 1. The molecule has 0 saturated heterocycles. The Morgan fingerprint density at radius 2 is 1.62 bits per heavy atom. The maximum absolute atomic E-state index is 12.3. The minimum absolute atomic E-state index is 0.101. The van der Waals surface area contributed by atoms with Crippen LogP contribution in [0.5, 0.6) is 5.75 Å². The van der Waals surface area contributed by atoms with Crippen LogP contribution >= 0.6 is 0 Å². The van der Waals surface area contributed by atoms with E-state index in [9.17, 15) is 9.59 Å². The van der Waals surface area contributed by atoms with E-state index in [0.29, 0.717) is 17.9 Å². The summed E-state index contributed by atoms with van der Waals surface area (Å²) in [5, 5.41) is 5.92. The fraction of sp³-hybridized carbons (Fsp3) is 0.231.